The van der Waals surface area contributed by atoms with Crippen molar-refractivity contribution in [2.75, 3.05) is 0 Å². The van der Waals surface area contributed by atoms with Gasteiger partial charge < -0.3 is 10.1 Å². The Labute approximate surface area is 177 Å². The molecule has 2 aliphatic carbocycles. The number of nitrogens with one attached hydrogen (secondary N) is 1. The van der Waals surface area contributed by atoms with Gasteiger partial charge in [0.2, 0.25) is 5.91 Å². The smallest absolute Gasteiger partial charge is 0.339 e. The first kappa shape index (κ1) is 19.3. The van der Waals surface area contributed by atoms with Crippen LogP contribution in [0.3, 0.4) is 0 Å². The second-order valence-corrected chi connectivity index (χ2v) is 9.05. The largest absolute Gasteiger partial charge is 0.450 e. The maximum absolute atomic E-state index is 12.9. The summed E-state index contributed by atoms with van der Waals surface area (Å²) in [5, 5.41) is 3.31. The molecular formula is C25H28N2O3. The van der Waals surface area contributed by atoms with Crippen LogP contribution in [0.4, 0.5) is 0 Å². The molecule has 0 atom stereocenters. The normalized spacial score (nSPS) is 30.5. The molecule has 0 unspecified atom stereocenters. The number of ether oxygens (including phenoxy) is 1. The van der Waals surface area contributed by atoms with Crippen molar-refractivity contribution < 1.29 is 14.3 Å². The predicted molar refractivity (Wildman–Crippen MR) is 113 cm³/mol. The number of carbonyl (C=O) groups excluding carboxylic acids is 2. The highest BCUT2D eigenvalue weighted by Crippen LogP contribution is 2.47. The van der Waals surface area contributed by atoms with Crippen LogP contribution < -0.4 is 5.32 Å². The SMILES string of the molecule is O=C1OC2(CCC(C(=O)N[C@H]3CC[C@H](c4ccccc4)CC3)CC2)c2cnccc21. The predicted octanol–water partition coefficient (Wildman–Crippen LogP) is 4.48. The maximum atomic E-state index is 12.9. The topological polar surface area (TPSA) is 68.3 Å². The molecule has 30 heavy (non-hydrogen) atoms. The summed E-state index contributed by atoms with van der Waals surface area (Å²) < 4.78 is 5.78. The molecule has 2 saturated carbocycles. The van der Waals surface area contributed by atoms with Gasteiger partial charge in [-0.1, -0.05) is 30.3 Å². The monoisotopic (exact) mass is 404 g/mol. The van der Waals surface area contributed by atoms with Gasteiger partial charge in [0.15, 0.2) is 0 Å². The fourth-order valence-corrected chi connectivity index (χ4v) is 5.56. The molecule has 5 heteroatoms. The summed E-state index contributed by atoms with van der Waals surface area (Å²) in [6.45, 7) is 0. The summed E-state index contributed by atoms with van der Waals surface area (Å²) in [7, 11) is 0. The van der Waals surface area contributed by atoms with Gasteiger partial charge in [-0.2, -0.15) is 0 Å². The highest BCUT2D eigenvalue weighted by molar-refractivity contribution is 5.94. The van der Waals surface area contributed by atoms with Gasteiger partial charge in [-0.05, 0) is 68.9 Å². The maximum Gasteiger partial charge on any atom is 0.339 e. The molecule has 1 aliphatic heterocycles. The second-order valence-electron chi connectivity index (χ2n) is 9.05. The molecule has 2 aromatic rings. The molecule has 1 aromatic carbocycles. The second kappa shape index (κ2) is 7.86. The van der Waals surface area contributed by atoms with Gasteiger partial charge in [0.1, 0.15) is 5.60 Å². The van der Waals surface area contributed by atoms with Gasteiger partial charge in [-0.15, -0.1) is 0 Å². The summed E-state index contributed by atoms with van der Waals surface area (Å²) in [6.07, 6.45) is 10.6. The molecule has 5 rings (SSSR count). The Balaban J connectivity index is 1.15. The summed E-state index contributed by atoms with van der Waals surface area (Å²) in [5.41, 5.74) is 2.36. The molecule has 1 aromatic heterocycles. The summed E-state index contributed by atoms with van der Waals surface area (Å²) >= 11 is 0. The van der Waals surface area contributed by atoms with E-state index in [2.05, 4.69) is 40.6 Å². The highest BCUT2D eigenvalue weighted by atomic mass is 16.6. The van der Waals surface area contributed by atoms with Crippen molar-refractivity contribution in [2.45, 2.75) is 68.9 Å². The number of aromatic nitrogens is 1. The Morgan fingerprint density at radius 2 is 1.73 bits per heavy atom. The first-order chi connectivity index (χ1) is 14.6. The van der Waals surface area contributed by atoms with Gasteiger partial charge in [-0.3, -0.25) is 9.78 Å². The number of nitrogens with zero attached hydrogens (tertiary/aromatic N) is 1. The van der Waals surface area contributed by atoms with Crippen molar-refractivity contribution in [1.29, 1.82) is 0 Å². The van der Waals surface area contributed by atoms with Crippen LogP contribution in [-0.4, -0.2) is 22.9 Å². The first-order valence-electron chi connectivity index (χ1n) is 11.2. The van der Waals surface area contributed by atoms with Crippen LogP contribution in [0, 0.1) is 5.92 Å². The minimum Gasteiger partial charge on any atom is -0.450 e. The minimum atomic E-state index is -0.578. The molecule has 156 valence electrons. The Kier molecular flexibility index (Phi) is 5.05. The molecule has 2 fully saturated rings. The quantitative estimate of drug-likeness (QED) is 0.766. The number of rotatable bonds is 3. The Morgan fingerprint density at radius 1 is 1.00 bits per heavy atom. The van der Waals surface area contributed by atoms with Crippen molar-refractivity contribution in [1.82, 2.24) is 10.3 Å². The standard InChI is InChI=1S/C25H28N2O3/c28-23(27-20-8-6-18(7-9-20)17-4-2-1-3-5-17)19-10-13-25(14-11-19)22-16-26-15-12-21(22)24(29)30-25/h1-5,12,15-16,18-20H,6-11,13-14H2,(H,27,28)/t18-,19?,20-,25?. The van der Waals surface area contributed by atoms with Crippen LogP contribution in [0.15, 0.2) is 48.8 Å². The van der Waals surface area contributed by atoms with Gasteiger partial charge in [0, 0.05) is 29.9 Å². The summed E-state index contributed by atoms with van der Waals surface area (Å²) in [6, 6.07) is 12.7. The summed E-state index contributed by atoms with van der Waals surface area (Å²) in [4.78, 5) is 29.3. The molecule has 5 nitrogen and oxygen atoms in total. The lowest BCUT2D eigenvalue weighted by molar-refractivity contribution is -0.129. The number of esters is 1. The number of hydrogen-bond donors (Lipinski definition) is 1. The van der Waals surface area contributed by atoms with E-state index in [9.17, 15) is 9.59 Å². The summed E-state index contributed by atoms with van der Waals surface area (Å²) in [5.74, 6) is 0.524. The van der Waals surface area contributed by atoms with Gasteiger partial charge in [0.05, 0.1) is 5.56 Å². The van der Waals surface area contributed by atoms with E-state index in [-0.39, 0.29) is 23.8 Å². The third-order valence-corrected chi connectivity index (χ3v) is 7.33. The fourth-order valence-electron chi connectivity index (χ4n) is 5.56. The van der Waals surface area contributed by atoms with Crippen LogP contribution in [0.25, 0.3) is 0 Å². The van der Waals surface area contributed by atoms with E-state index in [1.807, 2.05) is 0 Å². The molecule has 1 amide bonds. The molecular weight excluding hydrogens is 376 g/mol. The number of amides is 1. The van der Waals surface area contributed by atoms with Crippen molar-refractivity contribution in [3.63, 3.8) is 0 Å². The van der Waals surface area contributed by atoms with E-state index >= 15 is 0 Å². The van der Waals surface area contributed by atoms with E-state index in [1.165, 1.54) is 5.56 Å². The van der Waals surface area contributed by atoms with Crippen molar-refractivity contribution in [3.05, 3.63) is 65.5 Å². The molecule has 1 N–H and O–H groups in total. The fraction of sp³-hybridized carbons (Fsp3) is 0.480. The van der Waals surface area contributed by atoms with Crippen LogP contribution in [0.5, 0.6) is 0 Å². The zero-order valence-corrected chi connectivity index (χ0v) is 17.2. The van der Waals surface area contributed by atoms with Gasteiger partial charge in [0.25, 0.3) is 0 Å². The van der Waals surface area contributed by atoms with Gasteiger partial charge in [-0.25, -0.2) is 4.79 Å². The third kappa shape index (κ3) is 3.51. The Bertz CT molecular complexity index is 926. The first-order valence-corrected chi connectivity index (χ1v) is 11.2. The van der Waals surface area contributed by atoms with E-state index in [4.69, 9.17) is 4.74 Å². The zero-order chi connectivity index (χ0) is 20.6. The van der Waals surface area contributed by atoms with Crippen LogP contribution in [-0.2, 0) is 15.1 Å². The molecule has 0 bridgehead atoms. The van der Waals surface area contributed by atoms with Gasteiger partial charge >= 0.3 is 5.97 Å². The lowest BCUT2D eigenvalue weighted by Gasteiger charge is -2.36. The minimum absolute atomic E-state index is 0.00175. The number of pyridine rings is 1. The molecule has 1 spiro atoms. The Hall–Kier alpha value is -2.69. The lowest BCUT2D eigenvalue weighted by Crippen LogP contribution is -2.43. The number of fused-ring (bicyclic) bond motifs is 2. The average Bonchev–Trinajstić information content (AvgIpc) is 3.07. The van der Waals surface area contributed by atoms with Crippen molar-refractivity contribution >= 4 is 11.9 Å². The molecule has 2 heterocycles. The number of carbonyl (C=O) groups is 2. The van der Waals surface area contributed by atoms with E-state index in [0.717, 1.165) is 44.1 Å². The molecule has 0 radical (unpaired) electrons. The van der Waals surface area contributed by atoms with Crippen LogP contribution in [0.2, 0.25) is 0 Å². The average molecular weight is 405 g/mol. The van der Waals surface area contributed by atoms with Crippen LogP contribution in [0.1, 0.15) is 78.8 Å². The van der Waals surface area contributed by atoms with E-state index in [0.29, 0.717) is 24.3 Å². The zero-order valence-electron chi connectivity index (χ0n) is 17.2. The van der Waals surface area contributed by atoms with E-state index in [1.54, 1.807) is 18.5 Å². The number of hydrogen-bond acceptors (Lipinski definition) is 4. The Morgan fingerprint density at radius 3 is 2.47 bits per heavy atom. The molecule has 3 aliphatic rings. The van der Waals surface area contributed by atoms with Crippen molar-refractivity contribution in [3.8, 4) is 0 Å². The highest BCUT2D eigenvalue weighted by Gasteiger charge is 2.48. The molecule has 0 saturated heterocycles. The van der Waals surface area contributed by atoms with Crippen LogP contribution >= 0.6 is 0 Å². The van der Waals surface area contributed by atoms with E-state index < -0.39 is 5.60 Å². The third-order valence-electron chi connectivity index (χ3n) is 7.33. The van der Waals surface area contributed by atoms with Crippen molar-refractivity contribution in [2.24, 2.45) is 5.92 Å². The lowest BCUT2D eigenvalue weighted by atomic mass is 9.75. The number of benzene rings is 1.